The summed E-state index contributed by atoms with van der Waals surface area (Å²) in [7, 11) is 0. The maximum Gasteiger partial charge on any atom is 0.125 e. The number of hydrogen-bond donors (Lipinski definition) is 0. The predicted octanol–water partition coefficient (Wildman–Crippen LogP) is 5.37. The van der Waals surface area contributed by atoms with Gasteiger partial charge in [-0.25, -0.2) is 9.37 Å². The Labute approximate surface area is 166 Å². The Morgan fingerprint density at radius 3 is 2.68 bits per heavy atom. The molecule has 0 radical (unpaired) electrons. The van der Waals surface area contributed by atoms with Crippen LogP contribution < -0.4 is 0 Å². The Morgan fingerprint density at radius 1 is 1.11 bits per heavy atom. The third kappa shape index (κ3) is 3.04. The van der Waals surface area contributed by atoms with E-state index in [-0.39, 0.29) is 5.82 Å². The van der Waals surface area contributed by atoms with Gasteiger partial charge in [-0.2, -0.15) is 0 Å². The number of benzene rings is 2. The van der Waals surface area contributed by atoms with Gasteiger partial charge >= 0.3 is 0 Å². The lowest BCUT2D eigenvalue weighted by atomic mass is 9.87. The molecule has 3 heterocycles. The highest BCUT2D eigenvalue weighted by atomic mass is 19.1. The van der Waals surface area contributed by atoms with Gasteiger partial charge in [-0.3, -0.25) is 4.90 Å². The van der Waals surface area contributed by atoms with E-state index < -0.39 is 0 Å². The Morgan fingerprint density at radius 2 is 1.89 bits per heavy atom. The van der Waals surface area contributed by atoms with Crippen molar-refractivity contribution in [3.8, 4) is 0 Å². The third-order valence-corrected chi connectivity index (χ3v) is 6.76. The zero-order valence-corrected chi connectivity index (χ0v) is 16.8. The number of nitrogens with zero attached hydrogens (tertiary/aromatic N) is 3. The molecule has 3 nitrogen and oxygen atoms in total. The number of likely N-dealkylation sites (tertiary alicyclic amines) is 1. The van der Waals surface area contributed by atoms with Crippen molar-refractivity contribution in [2.24, 2.45) is 0 Å². The van der Waals surface area contributed by atoms with Crippen LogP contribution in [0.5, 0.6) is 0 Å². The van der Waals surface area contributed by atoms with E-state index in [0.717, 1.165) is 54.9 Å². The zero-order chi connectivity index (χ0) is 19.3. The van der Waals surface area contributed by atoms with E-state index in [1.807, 2.05) is 0 Å². The van der Waals surface area contributed by atoms with Crippen LogP contribution in [0.25, 0.3) is 11.0 Å². The molecule has 1 unspecified atom stereocenters. The fraction of sp³-hybridized carbons (Fsp3) is 0.458. The molecule has 146 valence electrons. The van der Waals surface area contributed by atoms with Gasteiger partial charge in [0.2, 0.25) is 0 Å². The molecule has 0 aliphatic carbocycles. The Balaban J connectivity index is 1.37. The molecule has 3 aromatic rings. The molecule has 0 bridgehead atoms. The fourth-order valence-corrected chi connectivity index (χ4v) is 5.24. The minimum Gasteiger partial charge on any atom is -0.324 e. The van der Waals surface area contributed by atoms with Gasteiger partial charge in [0.05, 0.1) is 17.6 Å². The van der Waals surface area contributed by atoms with Crippen molar-refractivity contribution in [1.82, 2.24) is 14.5 Å². The first-order chi connectivity index (χ1) is 13.6. The van der Waals surface area contributed by atoms with Crippen molar-refractivity contribution < 1.29 is 4.39 Å². The van der Waals surface area contributed by atoms with Crippen LogP contribution in [0.1, 0.15) is 60.7 Å². The molecule has 1 aromatic heterocycles. The second-order valence-electron chi connectivity index (χ2n) is 8.63. The summed E-state index contributed by atoms with van der Waals surface area (Å²) in [5, 5.41) is 0. The summed E-state index contributed by atoms with van der Waals surface area (Å²) in [5.41, 5.74) is 6.02. The Hall–Kier alpha value is -2.20. The number of aromatic nitrogens is 2. The number of imidazole rings is 1. The smallest absolute Gasteiger partial charge is 0.125 e. The van der Waals surface area contributed by atoms with Crippen LogP contribution in [-0.4, -0.2) is 27.5 Å². The number of rotatable bonds is 3. The van der Waals surface area contributed by atoms with Crippen LogP contribution in [-0.2, 0) is 13.0 Å². The van der Waals surface area contributed by atoms with Crippen LogP contribution in [0.15, 0.2) is 36.4 Å². The van der Waals surface area contributed by atoms with E-state index in [9.17, 15) is 4.39 Å². The summed E-state index contributed by atoms with van der Waals surface area (Å²) in [6.07, 6.45) is 4.40. The van der Waals surface area contributed by atoms with Gasteiger partial charge in [-0.05, 0) is 81.3 Å². The number of halogens is 1. The van der Waals surface area contributed by atoms with Crippen molar-refractivity contribution in [3.63, 3.8) is 0 Å². The van der Waals surface area contributed by atoms with E-state index in [2.05, 4.69) is 47.6 Å². The van der Waals surface area contributed by atoms with Crippen LogP contribution in [0.2, 0.25) is 0 Å². The molecule has 2 aliphatic rings. The topological polar surface area (TPSA) is 21.1 Å². The molecule has 0 N–H and O–H groups in total. The molecule has 0 amide bonds. The van der Waals surface area contributed by atoms with Crippen molar-refractivity contribution in [1.29, 1.82) is 0 Å². The molecule has 1 fully saturated rings. The van der Waals surface area contributed by atoms with E-state index >= 15 is 0 Å². The molecule has 1 atom stereocenters. The van der Waals surface area contributed by atoms with Crippen LogP contribution in [0.4, 0.5) is 4.39 Å². The Bertz CT molecular complexity index is 1010. The SMILES string of the molecule is Cc1ccccc1C1CCN(Cc2nc3cc(F)cc4c3n2C(C)CC4)CC1. The fourth-order valence-electron chi connectivity index (χ4n) is 5.24. The molecule has 2 aliphatic heterocycles. The van der Waals surface area contributed by atoms with E-state index in [1.165, 1.54) is 24.0 Å². The Kier molecular flexibility index (Phi) is 4.47. The monoisotopic (exact) mass is 377 g/mol. The first-order valence-corrected chi connectivity index (χ1v) is 10.6. The average molecular weight is 378 g/mol. The summed E-state index contributed by atoms with van der Waals surface area (Å²) in [5.74, 6) is 1.60. The summed E-state index contributed by atoms with van der Waals surface area (Å²) in [6.45, 7) is 7.54. The molecular formula is C24H28FN3. The first-order valence-electron chi connectivity index (χ1n) is 10.6. The van der Waals surface area contributed by atoms with Crippen molar-refractivity contribution in [3.05, 3.63) is 64.7 Å². The highest BCUT2D eigenvalue weighted by Crippen LogP contribution is 2.35. The zero-order valence-electron chi connectivity index (χ0n) is 16.8. The third-order valence-electron chi connectivity index (χ3n) is 6.76. The summed E-state index contributed by atoms with van der Waals surface area (Å²) in [4.78, 5) is 7.39. The van der Waals surface area contributed by atoms with Crippen LogP contribution in [0, 0.1) is 12.7 Å². The maximum atomic E-state index is 14.0. The lowest BCUT2D eigenvalue weighted by molar-refractivity contribution is 0.196. The van der Waals surface area contributed by atoms with Gasteiger partial charge in [0.1, 0.15) is 11.6 Å². The highest BCUT2D eigenvalue weighted by molar-refractivity contribution is 5.80. The summed E-state index contributed by atoms with van der Waals surface area (Å²) in [6, 6.07) is 12.5. The second-order valence-corrected chi connectivity index (χ2v) is 8.63. The molecule has 2 aromatic carbocycles. The standard InChI is InChI=1S/C24H28FN3/c1-16-5-3-4-6-21(16)18-9-11-27(12-10-18)15-23-26-22-14-20(25)13-19-8-7-17(2)28(23)24(19)22/h3-6,13-14,17-18H,7-12,15H2,1-2H3. The average Bonchev–Trinajstić information content (AvgIpc) is 3.05. The maximum absolute atomic E-state index is 14.0. The molecule has 28 heavy (non-hydrogen) atoms. The lowest BCUT2D eigenvalue weighted by Gasteiger charge is -2.33. The quantitative estimate of drug-likeness (QED) is 0.612. The van der Waals surface area contributed by atoms with Gasteiger partial charge in [0, 0.05) is 12.1 Å². The van der Waals surface area contributed by atoms with Crippen molar-refractivity contribution in [2.75, 3.05) is 13.1 Å². The van der Waals surface area contributed by atoms with E-state index in [4.69, 9.17) is 4.98 Å². The molecule has 0 saturated carbocycles. The highest BCUT2D eigenvalue weighted by Gasteiger charge is 2.27. The first kappa shape index (κ1) is 17.9. The minimum absolute atomic E-state index is 0.160. The van der Waals surface area contributed by atoms with Gasteiger partial charge in [0.15, 0.2) is 0 Å². The number of hydrogen-bond acceptors (Lipinski definition) is 2. The minimum atomic E-state index is -0.160. The second kappa shape index (κ2) is 7.00. The molecule has 4 heteroatoms. The lowest BCUT2D eigenvalue weighted by Crippen LogP contribution is -2.34. The summed E-state index contributed by atoms with van der Waals surface area (Å²) >= 11 is 0. The van der Waals surface area contributed by atoms with E-state index in [1.54, 1.807) is 12.1 Å². The van der Waals surface area contributed by atoms with Crippen LogP contribution in [0.3, 0.4) is 0 Å². The normalized spacial score (nSPS) is 20.8. The van der Waals surface area contributed by atoms with Gasteiger partial charge in [0.25, 0.3) is 0 Å². The number of aryl methyl sites for hydroxylation is 2. The van der Waals surface area contributed by atoms with E-state index in [0.29, 0.717) is 12.0 Å². The summed E-state index contributed by atoms with van der Waals surface area (Å²) < 4.78 is 16.4. The molecule has 1 saturated heterocycles. The van der Waals surface area contributed by atoms with Crippen molar-refractivity contribution >= 4 is 11.0 Å². The molecular weight excluding hydrogens is 349 g/mol. The number of piperidine rings is 1. The molecule has 5 rings (SSSR count). The van der Waals surface area contributed by atoms with Gasteiger partial charge in [-0.15, -0.1) is 0 Å². The van der Waals surface area contributed by atoms with Crippen molar-refractivity contribution in [2.45, 2.75) is 58.0 Å². The van der Waals surface area contributed by atoms with Crippen LogP contribution >= 0.6 is 0 Å². The molecule has 0 spiro atoms. The predicted molar refractivity (Wildman–Crippen MR) is 111 cm³/mol. The van der Waals surface area contributed by atoms with Gasteiger partial charge in [-0.1, -0.05) is 24.3 Å². The largest absolute Gasteiger partial charge is 0.324 e. The van der Waals surface area contributed by atoms with Gasteiger partial charge < -0.3 is 4.57 Å².